The van der Waals surface area contributed by atoms with Crippen molar-refractivity contribution < 1.29 is 13.6 Å². The Bertz CT molecular complexity index is 691. The largest absolute Gasteiger partial charge is 0.319 e. The Labute approximate surface area is 133 Å². The zero-order chi connectivity index (χ0) is 14.9. The maximum absolute atomic E-state index is 13.6. The molecule has 2 nitrogen and oxygen atoms in total. The molecule has 0 aliphatic heterocycles. The Hall–Kier alpha value is -1.21. The molecule has 0 bridgehead atoms. The fourth-order valence-electron chi connectivity index (χ4n) is 1.57. The summed E-state index contributed by atoms with van der Waals surface area (Å²) in [5.74, 6) is -1.82. The Morgan fingerprint density at radius 1 is 1.20 bits per heavy atom. The van der Waals surface area contributed by atoms with E-state index in [1.54, 1.807) is 12.1 Å². The van der Waals surface area contributed by atoms with E-state index in [9.17, 15) is 13.6 Å². The number of carbonyl (C=O) groups is 1. The highest BCUT2D eigenvalue weighted by atomic mass is 127. The zero-order valence-corrected chi connectivity index (χ0v) is 13.2. The van der Waals surface area contributed by atoms with Crippen LogP contribution in [0, 0.1) is 22.1 Å². The third-order valence-corrected chi connectivity index (χ3v) is 4.25. The monoisotopic (exact) mass is 407 g/mol. The van der Waals surface area contributed by atoms with Gasteiger partial charge < -0.3 is 5.32 Å². The van der Waals surface area contributed by atoms with Gasteiger partial charge in [-0.3, -0.25) is 4.79 Å². The van der Waals surface area contributed by atoms with Crippen LogP contribution >= 0.6 is 34.2 Å². The van der Waals surface area contributed by atoms with Crippen molar-refractivity contribution in [2.75, 3.05) is 5.32 Å². The number of halogens is 4. The van der Waals surface area contributed by atoms with E-state index >= 15 is 0 Å². The standard InChI is InChI=1S/C14H9ClF2INO/c1-7-4-11(17)13(6-10(7)16)19-14(20)8-2-3-12(18)9(15)5-8/h2-6H,1H3,(H,19,20). The van der Waals surface area contributed by atoms with Gasteiger partial charge in [-0.2, -0.15) is 0 Å². The summed E-state index contributed by atoms with van der Waals surface area (Å²) in [5.41, 5.74) is 0.251. The highest BCUT2D eigenvalue weighted by Crippen LogP contribution is 2.22. The molecule has 0 aliphatic rings. The molecule has 1 amide bonds. The first-order valence-electron chi connectivity index (χ1n) is 5.60. The second-order valence-corrected chi connectivity index (χ2v) is 5.73. The van der Waals surface area contributed by atoms with Gasteiger partial charge in [0.1, 0.15) is 11.6 Å². The lowest BCUT2D eigenvalue weighted by atomic mass is 10.1. The lowest BCUT2D eigenvalue weighted by molar-refractivity contribution is 0.102. The molecular weight excluding hydrogens is 399 g/mol. The lowest BCUT2D eigenvalue weighted by Crippen LogP contribution is -2.13. The molecule has 2 aromatic carbocycles. The fraction of sp³-hybridized carbons (Fsp3) is 0.0714. The molecule has 0 spiro atoms. The lowest BCUT2D eigenvalue weighted by Gasteiger charge is -2.08. The first-order valence-corrected chi connectivity index (χ1v) is 7.06. The van der Waals surface area contributed by atoms with Crippen molar-refractivity contribution in [2.45, 2.75) is 6.92 Å². The highest BCUT2D eigenvalue weighted by Gasteiger charge is 2.13. The number of hydrogen-bond donors (Lipinski definition) is 1. The minimum absolute atomic E-state index is 0.179. The molecule has 0 heterocycles. The van der Waals surface area contributed by atoms with Crippen LogP contribution in [0.25, 0.3) is 0 Å². The molecule has 1 N–H and O–H groups in total. The Kier molecular flexibility index (Phi) is 4.59. The average molecular weight is 408 g/mol. The molecule has 0 fully saturated rings. The van der Waals surface area contributed by atoms with Crippen molar-refractivity contribution in [1.82, 2.24) is 0 Å². The van der Waals surface area contributed by atoms with Crippen molar-refractivity contribution in [3.8, 4) is 0 Å². The number of benzene rings is 2. The van der Waals surface area contributed by atoms with Crippen LogP contribution in [0.4, 0.5) is 14.5 Å². The van der Waals surface area contributed by atoms with Crippen molar-refractivity contribution in [2.24, 2.45) is 0 Å². The van der Waals surface area contributed by atoms with Crippen LogP contribution in [0.2, 0.25) is 5.02 Å². The molecule has 0 radical (unpaired) electrons. The number of anilines is 1. The molecule has 0 aromatic heterocycles. The zero-order valence-electron chi connectivity index (χ0n) is 10.3. The van der Waals surface area contributed by atoms with Crippen LogP contribution in [-0.2, 0) is 0 Å². The first-order chi connectivity index (χ1) is 9.38. The number of rotatable bonds is 2. The van der Waals surface area contributed by atoms with Gasteiger partial charge in [0.15, 0.2) is 0 Å². The minimum atomic E-state index is -0.686. The second-order valence-electron chi connectivity index (χ2n) is 4.16. The van der Waals surface area contributed by atoms with Crippen molar-refractivity contribution >= 4 is 45.8 Å². The van der Waals surface area contributed by atoms with E-state index in [4.69, 9.17) is 11.6 Å². The van der Waals surface area contributed by atoms with Gasteiger partial charge in [0.25, 0.3) is 5.91 Å². The van der Waals surface area contributed by atoms with Crippen LogP contribution in [-0.4, -0.2) is 5.91 Å². The summed E-state index contributed by atoms with van der Waals surface area (Å²) >= 11 is 7.94. The van der Waals surface area contributed by atoms with Gasteiger partial charge in [-0.15, -0.1) is 0 Å². The number of nitrogens with one attached hydrogen (secondary N) is 1. The quantitative estimate of drug-likeness (QED) is 0.713. The van der Waals surface area contributed by atoms with Crippen LogP contribution in [0.3, 0.4) is 0 Å². The normalized spacial score (nSPS) is 10.4. The summed E-state index contributed by atoms with van der Waals surface area (Å²) in [7, 11) is 0. The number of carbonyl (C=O) groups excluding carboxylic acids is 1. The summed E-state index contributed by atoms with van der Waals surface area (Å²) < 4.78 is 27.8. The Morgan fingerprint density at radius 3 is 2.55 bits per heavy atom. The number of aryl methyl sites for hydroxylation is 1. The van der Waals surface area contributed by atoms with Gasteiger partial charge in [0.05, 0.1) is 10.7 Å². The van der Waals surface area contributed by atoms with Crippen LogP contribution in [0.15, 0.2) is 30.3 Å². The van der Waals surface area contributed by atoms with Crippen molar-refractivity contribution in [3.63, 3.8) is 0 Å². The smallest absolute Gasteiger partial charge is 0.255 e. The van der Waals surface area contributed by atoms with Gasteiger partial charge in [-0.25, -0.2) is 8.78 Å². The van der Waals surface area contributed by atoms with Gasteiger partial charge in [-0.1, -0.05) is 11.6 Å². The van der Waals surface area contributed by atoms with E-state index in [-0.39, 0.29) is 16.8 Å². The fourth-order valence-corrected chi connectivity index (χ4v) is 2.09. The van der Waals surface area contributed by atoms with E-state index in [0.29, 0.717) is 5.02 Å². The maximum Gasteiger partial charge on any atom is 0.255 e. The van der Waals surface area contributed by atoms with E-state index in [0.717, 1.165) is 15.7 Å². The van der Waals surface area contributed by atoms with Crippen LogP contribution in [0.5, 0.6) is 0 Å². The van der Waals surface area contributed by atoms with Gasteiger partial charge in [0.2, 0.25) is 0 Å². The third-order valence-electron chi connectivity index (χ3n) is 2.68. The number of amides is 1. The molecule has 2 rings (SSSR count). The van der Waals surface area contributed by atoms with Crippen molar-refractivity contribution in [1.29, 1.82) is 0 Å². The SMILES string of the molecule is Cc1cc(F)c(NC(=O)c2ccc(I)c(Cl)c2)cc1F. The summed E-state index contributed by atoms with van der Waals surface area (Å²) in [4.78, 5) is 12.0. The highest BCUT2D eigenvalue weighted by molar-refractivity contribution is 14.1. The molecule has 6 heteroatoms. The maximum atomic E-state index is 13.6. The van der Waals surface area contributed by atoms with Crippen LogP contribution in [0.1, 0.15) is 15.9 Å². The van der Waals surface area contributed by atoms with Gasteiger partial charge in [0, 0.05) is 15.2 Å². The summed E-state index contributed by atoms with van der Waals surface area (Å²) in [5, 5.41) is 2.75. The van der Waals surface area contributed by atoms with E-state index in [1.165, 1.54) is 13.0 Å². The molecule has 0 aliphatic carbocycles. The third kappa shape index (κ3) is 3.27. The molecule has 0 saturated heterocycles. The molecule has 0 saturated carbocycles. The second kappa shape index (κ2) is 6.05. The first kappa shape index (κ1) is 15.2. The summed E-state index contributed by atoms with van der Waals surface area (Å²) in [6.45, 7) is 1.45. The topological polar surface area (TPSA) is 29.1 Å². The molecule has 20 heavy (non-hydrogen) atoms. The Morgan fingerprint density at radius 2 is 1.90 bits per heavy atom. The van der Waals surface area contributed by atoms with Gasteiger partial charge in [-0.05, 0) is 59.3 Å². The summed E-state index contributed by atoms with van der Waals surface area (Å²) in [6, 6.07) is 6.69. The van der Waals surface area contributed by atoms with Gasteiger partial charge >= 0.3 is 0 Å². The van der Waals surface area contributed by atoms with E-state index < -0.39 is 17.5 Å². The molecular formula is C14H9ClF2INO. The average Bonchev–Trinajstić information content (AvgIpc) is 2.39. The molecule has 0 atom stereocenters. The Balaban J connectivity index is 2.27. The van der Waals surface area contributed by atoms with Crippen LogP contribution < -0.4 is 5.32 Å². The predicted molar refractivity (Wildman–Crippen MR) is 83.2 cm³/mol. The summed E-state index contributed by atoms with van der Waals surface area (Å²) in [6.07, 6.45) is 0. The number of hydrogen-bond acceptors (Lipinski definition) is 1. The van der Waals surface area contributed by atoms with Crippen molar-refractivity contribution in [3.05, 3.63) is 61.7 Å². The van der Waals surface area contributed by atoms with E-state index in [1.807, 2.05) is 22.6 Å². The minimum Gasteiger partial charge on any atom is -0.319 e. The molecule has 0 unspecified atom stereocenters. The predicted octanol–water partition coefficient (Wildman–Crippen LogP) is 4.78. The molecule has 104 valence electrons. The van der Waals surface area contributed by atoms with E-state index in [2.05, 4.69) is 5.32 Å². The molecule has 2 aromatic rings.